The summed E-state index contributed by atoms with van der Waals surface area (Å²) in [6, 6.07) is 10.6. The number of anilines is 1. The van der Waals surface area contributed by atoms with Crippen LogP contribution in [-0.2, 0) is 4.79 Å². The van der Waals surface area contributed by atoms with E-state index in [2.05, 4.69) is 26.6 Å². The van der Waals surface area contributed by atoms with Gasteiger partial charge in [-0.2, -0.15) is 0 Å². The zero-order chi connectivity index (χ0) is 18.4. The summed E-state index contributed by atoms with van der Waals surface area (Å²) in [5, 5.41) is 5.48. The molecule has 0 fully saturated rings. The summed E-state index contributed by atoms with van der Waals surface area (Å²) in [6.07, 6.45) is 0. The highest BCUT2D eigenvalue weighted by Crippen LogP contribution is 2.27. The number of hydrogen-bond acceptors (Lipinski definition) is 3. The first-order valence-electron chi connectivity index (χ1n) is 7.98. The molecule has 2 amide bonds. The van der Waals surface area contributed by atoms with Gasteiger partial charge in [-0.05, 0) is 68.3 Å². The van der Waals surface area contributed by atoms with E-state index in [0.29, 0.717) is 23.5 Å². The van der Waals surface area contributed by atoms with Crippen molar-refractivity contribution in [2.24, 2.45) is 0 Å². The fourth-order valence-electron chi connectivity index (χ4n) is 2.43. The molecule has 0 unspecified atom stereocenters. The van der Waals surface area contributed by atoms with Gasteiger partial charge >= 0.3 is 0 Å². The highest BCUT2D eigenvalue weighted by Gasteiger charge is 2.10. The van der Waals surface area contributed by atoms with E-state index in [1.165, 1.54) is 0 Å². The van der Waals surface area contributed by atoms with E-state index in [1.807, 2.05) is 32.9 Å². The third kappa shape index (κ3) is 5.32. The molecule has 5 nitrogen and oxygen atoms in total. The lowest BCUT2D eigenvalue weighted by molar-refractivity contribution is -0.118. The Balaban J connectivity index is 1.93. The molecule has 0 aliphatic rings. The van der Waals surface area contributed by atoms with Gasteiger partial charge in [-0.15, -0.1) is 0 Å². The first kappa shape index (κ1) is 19.0. The van der Waals surface area contributed by atoms with Crippen molar-refractivity contribution in [3.63, 3.8) is 0 Å². The Kier molecular flexibility index (Phi) is 6.58. The van der Waals surface area contributed by atoms with Crippen molar-refractivity contribution in [3.05, 3.63) is 57.6 Å². The molecule has 6 heteroatoms. The van der Waals surface area contributed by atoms with Gasteiger partial charge in [0.15, 0.2) is 6.61 Å². The minimum atomic E-state index is -0.257. The maximum atomic E-state index is 12.1. The SMILES string of the molecule is CCNC(=O)c1ccc(NC(=O)COc2c(C)cc(Br)cc2C)cc1. The smallest absolute Gasteiger partial charge is 0.262 e. The molecule has 0 radical (unpaired) electrons. The van der Waals surface area contributed by atoms with Crippen LogP contribution in [0.4, 0.5) is 5.69 Å². The van der Waals surface area contributed by atoms with Gasteiger partial charge in [-0.3, -0.25) is 9.59 Å². The van der Waals surface area contributed by atoms with Gasteiger partial charge in [-0.1, -0.05) is 15.9 Å². The van der Waals surface area contributed by atoms with Crippen LogP contribution in [0.3, 0.4) is 0 Å². The van der Waals surface area contributed by atoms with Crippen molar-refractivity contribution in [2.45, 2.75) is 20.8 Å². The Hall–Kier alpha value is -2.34. The Morgan fingerprint density at radius 3 is 2.24 bits per heavy atom. The van der Waals surface area contributed by atoms with Crippen LogP contribution < -0.4 is 15.4 Å². The van der Waals surface area contributed by atoms with Crippen molar-refractivity contribution in [1.29, 1.82) is 0 Å². The molecule has 2 N–H and O–H groups in total. The van der Waals surface area contributed by atoms with E-state index >= 15 is 0 Å². The minimum absolute atomic E-state index is 0.0820. The van der Waals surface area contributed by atoms with Crippen molar-refractivity contribution >= 4 is 33.4 Å². The second kappa shape index (κ2) is 8.67. The van der Waals surface area contributed by atoms with Gasteiger partial charge in [0.25, 0.3) is 11.8 Å². The molecule has 0 heterocycles. The molecule has 0 aliphatic heterocycles. The molecule has 0 bridgehead atoms. The number of nitrogens with one attached hydrogen (secondary N) is 2. The molecule has 2 rings (SSSR count). The summed E-state index contributed by atoms with van der Waals surface area (Å²) in [5.74, 6) is 0.322. The van der Waals surface area contributed by atoms with Crippen molar-refractivity contribution < 1.29 is 14.3 Å². The van der Waals surface area contributed by atoms with Crippen molar-refractivity contribution in [2.75, 3.05) is 18.5 Å². The van der Waals surface area contributed by atoms with Crippen LogP contribution in [0.1, 0.15) is 28.4 Å². The lowest BCUT2D eigenvalue weighted by Gasteiger charge is -2.13. The Bertz CT molecular complexity index is 750. The molecule has 0 saturated heterocycles. The third-order valence-corrected chi connectivity index (χ3v) is 4.00. The molecule has 2 aromatic rings. The fourth-order valence-corrected chi connectivity index (χ4v) is 3.11. The van der Waals surface area contributed by atoms with Crippen LogP contribution >= 0.6 is 15.9 Å². The molecule has 2 aromatic carbocycles. The molecule has 132 valence electrons. The quantitative estimate of drug-likeness (QED) is 0.768. The number of carbonyl (C=O) groups is 2. The number of halogens is 1. The normalized spacial score (nSPS) is 10.2. The van der Waals surface area contributed by atoms with Crippen molar-refractivity contribution in [3.8, 4) is 5.75 Å². The van der Waals surface area contributed by atoms with Crippen LogP contribution in [-0.4, -0.2) is 25.0 Å². The molecule has 0 spiro atoms. The first-order chi connectivity index (χ1) is 11.9. The predicted octanol–water partition coefficient (Wildman–Crippen LogP) is 3.83. The number of aryl methyl sites for hydroxylation is 2. The maximum Gasteiger partial charge on any atom is 0.262 e. The average Bonchev–Trinajstić information content (AvgIpc) is 2.54. The number of hydrogen-bond donors (Lipinski definition) is 2. The van der Waals surface area contributed by atoms with E-state index in [0.717, 1.165) is 15.6 Å². The molecular weight excluding hydrogens is 384 g/mol. The van der Waals surface area contributed by atoms with Gasteiger partial charge in [0, 0.05) is 22.3 Å². The number of amides is 2. The fraction of sp³-hybridized carbons (Fsp3) is 0.263. The lowest BCUT2D eigenvalue weighted by Crippen LogP contribution is -2.23. The van der Waals surface area contributed by atoms with Crippen LogP contribution in [0.2, 0.25) is 0 Å². The average molecular weight is 405 g/mol. The van der Waals surface area contributed by atoms with Crippen LogP contribution in [0.5, 0.6) is 5.75 Å². The number of carbonyl (C=O) groups excluding carboxylic acids is 2. The summed E-state index contributed by atoms with van der Waals surface area (Å²) >= 11 is 3.43. The molecule has 0 aliphatic carbocycles. The minimum Gasteiger partial charge on any atom is -0.483 e. The van der Waals surface area contributed by atoms with Crippen LogP contribution in [0.25, 0.3) is 0 Å². The molecule has 0 saturated carbocycles. The molecular formula is C19H21BrN2O3. The van der Waals surface area contributed by atoms with Gasteiger partial charge in [0.05, 0.1) is 0 Å². The van der Waals surface area contributed by atoms with Crippen LogP contribution in [0, 0.1) is 13.8 Å². The summed E-state index contributed by atoms with van der Waals surface area (Å²) in [6.45, 7) is 6.22. The zero-order valence-corrected chi connectivity index (χ0v) is 16.1. The highest BCUT2D eigenvalue weighted by molar-refractivity contribution is 9.10. The van der Waals surface area contributed by atoms with E-state index in [4.69, 9.17) is 4.74 Å². The number of ether oxygens (including phenoxy) is 1. The monoisotopic (exact) mass is 404 g/mol. The zero-order valence-electron chi connectivity index (χ0n) is 14.5. The number of rotatable bonds is 6. The van der Waals surface area contributed by atoms with E-state index in [-0.39, 0.29) is 18.4 Å². The van der Waals surface area contributed by atoms with Gasteiger partial charge in [0.1, 0.15) is 5.75 Å². The Morgan fingerprint density at radius 2 is 1.68 bits per heavy atom. The largest absolute Gasteiger partial charge is 0.483 e. The Morgan fingerprint density at radius 1 is 1.08 bits per heavy atom. The predicted molar refractivity (Wildman–Crippen MR) is 102 cm³/mol. The maximum absolute atomic E-state index is 12.1. The Labute approximate surface area is 155 Å². The third-order valence-electron chi connectivity index (χ3n) is 3.54. The summed E-state index contributed by atoms with van der Waals surface area (Å²) < 4.78 is 6.63. The highest BCUT2D eigenvalue weighted by atomic mass is 79.9. The van der Waals surface area contributed by atoms with E-state index in [9.17, 15) is 9.59 Å². The summed E-state index contributed by atoms with van der Waals surface area (Å²) in [5.41, 5.74) is 3.10. The van der Waals surface area contributed by atoms with Gasteiger partial charge < -0.3 is 15.4 Å². The van der Waals surface area contributed by atoms with E-state index < -0.39 is 0 Å². The molecule has 0 aromatic heterocycles. The van der Waals surface area contributed by atoms with Gasteiger partial charge in [0.2, 0.25) is 0 Å². The second-order valence-corrected chi connectivity index (χ2v) is 6.56. The van der Waals surface area contributed by atoms with Crippen molar-refractivity contribution in [1.82, 2.24) is 5.32 Å². The summed E-state index contributed by atoms with van der Waals surface area (Å²) in [7, 11) is 0. The molecule has 25 heavy (non-hydrogen) atoms. The lowest BCUT2D eigenvalue weighted by atomic mass is 10.1. The number of benzene rings is 2. The topological polar surface area (TPSA) is 67.4 Å². The first-order valence-corrected chi connectivity index (χ1v) is 8.77. The van der Waals surface area contributed by atoms with Gasteiger partial charge in [-0.25, -0.2) is 0 Å². The second-order valence-electron chi connectivity index (χ2n) is 5.64. The molecule has 0 atom stereocenters. The summed E-state index contributed by atoms with van der Waals surface area (Å²) in [4.78, 5) is 23.8. The van der Waals surface area contributed by atoms with E-state index in [1.54, 1.807) is 24.3 Å². The van der Waals surface area contributed by atoms with Crippen LogP contribution in [0.15, 0.2) is 40.9 Å². The standard InChI is InChI=1S/C19H21BrN2O3/c1-4-21-19(24)14-5-7-16(8-6-14)22-17(23)11-25-18-12(2)9-15(20)10-13(18)3/h5-10H,4,11H2,1-3H3,(H,21,24)(H,22,23).